The largest absolute Gasteiger partial charge is 0.481 e. The Bertz CT molecular complexity index is 383. The summed E-state index contributed by atoms with van der Waals surface area (Å²) < 4.78 is 6.08. The molecule has 2 aliphatic carbocycles. The first-order valence-corrected chi connectivity index (χ1v) is 7.82. The molecule has 0 aromatic heterocycles. The van der Waals surface area contributed by atoms with Gasteiger partial charge in [0.25, 0.3) is 0 Å². The van der Waals surface area contributed by atoms with Crippen molar-refractivity contribution < 1.29 is 19.4 Å². The van der Waals surface area contributed by atoms with Crippen molar-refractivity contribution in [3.05, 3.63) is 0 Å². The van der Waals surface area contributed by atoms with E-state index in [4.69, 9.17) is 9.84 Å². The zero-order valence-corrected chi connectivity index (χ0v) is 11.8. The highest BCUT2D eigenvalue weighted by Gasteiger charge is 2.50. The molecule has 5 heteroatoms. The maximum absolute atomic E-state index is 12.1. The van der Waals surface area contributed by atoms with Gasteiger partial charge in [0.05, 0.1) is 24.0 Å². The summed E-state index contributed by atoms with van der Waals surface area (Å²) in [5.74, 6) is -1.49. The number of amides is 1. The molecule has 1 saturated heterocycles. The third-order valence-electron chi connectivity index (χ3n) is 4.87. The van der Waals surface area contributed by atoms with Gasteiger partial charge < -0.3 is 14.7 Å². The van der Waals surface area contributed by atoms with Crippen LogP contribution in [0.1, 0.15) is 44.9 Å². The van der Waals surface area contributed by atoms with E-state index in [1.54, 1.807) is 0 Å². The Balaban J connectivity index is 1.42. The van der Waals surface area contributed by atoms with Crippen LogP contribution in [0.4, 0.5) is 0 Å². The highest BCUT2D eigenvalue weighted by Crippen LogP contribution is 2.40. The molecule has 0 aromatic rings. The van der Waals surface area contributed by atoms with Gasteiger partial charge in [-0.2, -0.15) is 0 Å². The van der Waals surface area contributed by atoms with Crippen LogP contribution in [0.3, 0.4) is 0 Å². The smallest absolute Gasteiger partial charge is 0.307 e. The third-order valence-corrected chi connectivity index (χ3v) is 4.87. The Morgan fingerprint density at radius 2 is 1.55 bits per heavy atom. The van der Waals surface area contributed by atoms with Crippen molar-refractivity contribution in [2.75, 3.05) is 13.1 Å². The lowest BCUT2D eigenvalue weighted by Crippen LogP contribution is -2.42. The second-order valence-electron chi connectivity index (χ2n) is 6.35. The summed E-state index contributed by atoms with van der Waals surface area (Å²) in [6.07, 6.45) is 7.95. The third kappa shape index (κ3) is 2.97. The summed E-state index contributed by atoms with van der Waals surface area (Å²) in [6, 6.07) is 0. The summed E-state index contributed by atoms with van der Waals surface area (Å²) >= 11 is 0. The van der Waals surface area contributed by atoms with Crippen molar-refractivity contribution in [3.8, 4) is 0 Å². The highest BCUT2D eigenvalue weighted by atomic mass is 16.5. The number of nitrogens with zero attached hydrogens (tertiary/aromatic N) is 1. The highest BCUT2D eigenvalue weighted by molar-refractivity contribution is 5.89. The van der Waals surface area contributed by atoms with Gasteiger partial charge in [0.15, 0.2) is 0 Å². The fourth-order valence-corrected chi connectivity index (χ4v) is 3.48. The van der Waals surface area contributed by atoms with Crippen molar-refractivity contribution in [1.82, 2.24) is 4.90 Å². The van der Waals surface area contributed by atoms with E-state index in [2.05, 4.69) is 0 Å². The molecule has 0 aromatic carbocycles. The Kier molecular flexibility index (Phi) is 3.96. The van der Waals surface area contributed by atoms with Crippen molar-refractivity contribution >= 4 is 11.9 Å². The van der Waals surface area contributed by atoms with Gasteiger partial charge in [-0.25, -0.2) is 0 Å². The predicted octanol–water partition coefficient (Wildman–Crippen LogP) is 1.66. The van der Waals surface area contributed by atoms with Gasteiger partial charge in [0.1, 0.15) is 0 Å². The van der Waals surface area contributed by atoms with Gasteiger partial charge in [-0.05, 0) is 32.1 Å². The fraction of sp³-hybridized carbons (Fsp3) is 0.867. The Labute approximate surface area is 119 Å². The second kappa shape index (κ2) is 5.72. The van der Waals surface area contributed by atoms with Gasteiger partial charge in [0, 0.05) is 13.1 Å². The van der Waals surface area contributed by atoms with Crippen LogP contribution in [0.2, 0.25) is 0 Å². The molecule has 0 spiro atoms. The molecule has 20 heavy (non-hydrogen) atoms. The summed E-state index contributed by atoms with van der Waals surface area (Å²) in [4.78, 5) is 24.8. The predicted molar refractivity (Wildman–Crippen MR) is 72.2 cm³/mol. The van der Waals surface area contributed by atoms with E-state index < -0.39 is 11.9 Å². The molecular weight excluding hydrogens is 258 g/mol. The normalized spacial score (nSPS) is 31.5. The SMILES string of the molecule is O=C(O)[C@@H]1C[C@H]1C(=O)N1CCC(OC2CCCC2)CC1. The molecule has 3 rings (SSSR count). The van der Waals surface area contributed by atoms with Crippen molar-refractivity contribution in [2.45, 2.75) is 57.2 Å². The van der Waals surface area contributed by atoms with E-state index in [-0.39, 0.29) is 17.9 Å². The number of carbonyl (C=O) groups is 2. The molecule has 0 radical (unpaired) electrons. The number of hydrogen-bond donors (Lipinski definition) is 1. The van der Waals surface area contributed by atoms with E-state index in [0.29, 0.717) is 12.5 Å². The van der Waals surface area contributed by atoms with Crippen molar-refractivity contribution in [3.63, 3.8) is 0 Å². The molecule has 1 aliphatic heterocycles. The molecule has 0 bridgehead atoms. The second-order valence-corrected chi connectivity index (χ2v) is 6.35. The van der Waals surface area contributed by atoms with Crippen LogP contribution in [-0.2, 0) is 14.3 Å². The van der Waals surface area contributed by atoms with E-state index in [1.807, 2.05) is 4.90 Å². The summed E-state index contributed by atoms with van der Waals surface area (Å²) in [5, 5.41) is 8.88. The monoisotopic (exact) mass is 281 g/mol. The number of carboxylic acid groups (broad SMARTS) is 1. The van der Waals surface area contributed by atoms with Crippen LogP contribution in [0.25, 0.3) is 0 Å². The summed E-state index contributed by atoms with van der Waals surface area (Å²) in [7, 11) is 0. The zero-order valence-electron chi connectivity index (χ0n) is 11.8. The fourth-order valence-electron chi connectivity index (χ4n) is 3.48. The minimum atomic E-state index is -0.831. The quantitative estimate of drug-likeness (QED) is 0.851. The van der Waals surface area contributed by atoms with Gasteiger partial charge >= 0.3 is 5.97 Å². The molecule has 2 saturated carbocycles. The summed E-state index contributed by atoms with van der Waals surface area (Å²) in [6.45, 7) is 1.44. The van der Waals surface area contributed by atoms with E-state index in [0.717, 1.165) is 25.9 Å². The Morgan fingerprint density at radius 3 is 2.10 bits per heavy atom. The number of aliphatic carboxylic acids is 1. The lowest BCUT2D eigenvalue weighted by Gasteiger charge is -2.33. The van der Waals surface area contributed by atoms with Gasteiger partial charge in [-0.3, -0.25) is 9.59 Å². The lowest BCUT2D eigenvalue weighted by molar-refractivity contribution is -0.143. The molecule has 3 fully saturated rings. The molecule has 3 aliphatic rings. The number of likely N-dealkylation sites (tertiary alicyclic amines) is 1. The van der Waals surface area contributed by atoms with Crippen LogP contribution >= 0.6 is 0 Å². The molecular formula is C15H23NO4. The average Bonchev–Trinajstić information content (AvgIpc) is 3.10. The Hall–Kier alpha value is -1.10. The van der Waals surface area contributed by atoms with E-state index >= 15 is 0 Å². The number of ether oxygens (including phenoxy) is 1. The number of rotatable bonds is 4. The molecule has 1 amide bonds. The molecule has 0 unspecified atom stereocenters. The summed E-state index contributed by atoms with van der Waals surface area (Å²) in [5.41, 5.74) is 0. The average molecular weight is 281 g/mol. The number of hydrogen-bond acceptors (Lipinski definition) is 3. The van der Waals surface area contributed by atoms with Crippen LogP contribution in [0.5, 0.6) is 0 Å². The molecule has 1 heterocycles. The molecule has 5 nitrogen and oxygen atoms in total. The lowest BCUT2D eigenvalue weighted by atomic mass is 10.1. The minimum Gasteiger partial charge on any atom is -0.481 e. The van der Waals surface area contributed by atoms with Crippen LogP contribution in [-0.4, -0.2) is 47.2 Å². The van der Waals surface area contributed by atoms with Crippen molar-refractivity contribution in [2.24, 2.45) is 11.8 Å². The first-order chi connectivity index (χ1) is 9.65. The molecule has 112 valence electrons. The first kappa shape index (κ1) is 13.9. The topological polar surface area (TPSA) is 66.8 Å². The first-order valence-electron chi connectivity index (χ1n) is 7.82. The number of carboxylic acids is 1. The zero-order chi connectivity index (χ0) is 14.1. The van der Waals surface area contributed by atoms with E-state index in [9.17, 15) is 9.59 Å². The molecule has 2 atom stereocenters. The van der Waals surface area contributed by atoms with Gasteiger partial charge in [-0.1, -0.05) is 12.8 Å². The Morgan fingerprint density at radius 1 is 0.950 bits per heavy atom. The van der Waals surface area contributed by atoms with Crippen LogP contribution < -0.4 is 0 Å². The minimum absolute atomic E-state index is 0.0386. The maximum Gasteiger partial charge on any atom is 0.307 e. The number of carbonyl (C=O) groups excluding carboxylic acids is 1. The standard InChI is InChI=1S/C15H23NO4/c17-14(12-9-13(12)15(18)19)16-7-5-11(6-8-16)20-10-3-1-2-4-10/h10-13H,1-9H2,(H,18,19)/t12-,13-/m1/s1. The van der Waals surface area contributed by atoms with Crippen LogP contribution in [0, 0.1) is 11.8 Å². The number of piperidine rings is 1. The molecule has 1 N–H and O–H groups in total. The van der Waals surface area contributed by atoms with Crippen LogP contribution in [0.15, 0.2) is 0 Å². The van der Waals surface area contributed by atoms with Crippen molar-refractivity contribution in [1.29, 1.82) is 0 Å². The van der Waals surface area contributed by atoms with E-state index in [1.165, 1.54) is 25.7 Å². The maximum atomic E-state index is 12.1. The van der Waals surface area contributed by atoms with Gasteiger partial charge in [0.2, 0.25) is 5.91 Å². The van der Waals surface area contributed by atoms with Gasteiger partial charge in [-0.15, -0.1) is 0 Å².